The molecule has 0 unspecified atom stereocenters. The molecule has 0 fully saturated rings. The predicted octanol–water partition coefficient (Wildman–Crippen LogP) is 2.86. The first-order chi connectivity index (χ1) is 10.2. The number of hydrogen-bond donors (Lipinski definition) is 2. The minimum atomic E-state index is -0.0616. The summed E-state index contributed by atoms with van der Waals surface area (Å²) < 4.78 is 1.63. The van der Waals surface area contributed by atoms with Crippen LogP contribution in [0.1, 0.15) is 5.56 Å². The van der Waals surface area contributed by atoms with Gasteiger partial charge in [-0.15, -0.1) is 0 Å². The quantitative estimate of drug-likeness (QED) is 0.775. The number of phenolic OH excluding ortho intramolecular Hbond substituents is 1. The Morgan fingerprint density at radius 2 is 1.81 bits per heavy atom. The van der Waals surface area contributed by atoms with Crippen LogP contribution in [0.25, 0.3) is 10.9 Å². The Labute approximate surface area is 122 Å². The lowest BCUT2D eigenvalue weighted by molar-refractivity contribution is 0.469. The molecule has 1 heterocycles. The van der Waals surface area contributed by atoms with Gasteiger partial charge in [-0.2, -0.15) is 0 Å². The Bertz CT molecular complexity index is 853. The molecule has 0 spiro atoms. The number of aromatic hydroxyl groups is 1. The van der Waals surface area contributed by atoms with Crippen LogP contribution in [-0.2, 0) is 13.6 Å². The second-order valence-electron chi connectivity index (χ2n) is 4.95. The van der Waals surface area contributed by atoms with E-state index in [0.29, 0.717) is 6.54 Å². The summed E-state index contributed by atoms with van der Waals surface area (Å²) in [5.41, 5.74) is 2.39. The maximum absolute atomic E-state index is 12.0. The zero-order valence-electron chi connectivity index (χ0n) is 11.7. The van der Waals surface area contributed by atoms with Gasteiger partial charge >= 0.3 is 0 Å². The summed E-state index contributed by atoms with van der Waals surface area (Å²) in [6.45, 7) is 0.462. The Morgan fingerprint density at radius 1 is 1.10 bits per heavy atom. The van der Waals surface area contributed by atoms with Gasteiger partial charge in [0.2, 0.25) is 0 Å². The number of benzene rings is 2. The van der Waals surface area contributed by atoms with Crippen LogP contribution in [0.15, 0.2) is 59.4 Å². The molecule has 2 N–H and O–H groups in total. The number of rotatable bonds is 3. The van der Waals surface area contributed by atoms with Gasteiger partial charge in [-0.3, -0.25) is 4.79 Å². The number of aryl methyl sites for hydroxylation is 1. The summed E-state index contributed by atoms with van der Waals surface area (Å²) in [6, 6.07) is 16.5. The molecule has 0 bridgehead atoms. The SMILES string of the molecule is Cn1c(=O)cc(NCc2ccccc2O)c2ccccc21. The molecule has 4 nitrogen and oxygen atoms in total. The van der Waals surface area contributed by atoms with Gasteiger partial charge in [0.25, 0.3) is 5.56 Å². The Morgan fingerprint density at radius 3 is 2.62 bits per heavy atom. The maximum atomic E-state index is 12.0. The number of nitrogens with zero attached hydrogens (tertiary/aromatic N) is 1. The maximum Gasteiger partial charge on any atom is 0.252 e. The van der Waals surface area contributed by atoms with E-state index in [9.17, 15) is 9.90 Å². The van der Waals surface area contributed by atoms with E-state index in [-0.39, 0.29) is 11.3 Å². The Hall–Kier alpha value is -2.75. The minimum absolute atomic E-state index is 0.0616. The number of fused-ring (bicyclic) bond motifs is 1. The van der Waals surface area contributed by atoms with Gasteiger partial charge in [0, 0.05) is 36.3 Å². The average Bonchev–Trinajstić information content (AvgIpc) is 2.51. The van der Waals surface area contributed by atoms with Crippen molar-refractivity contribution in [2.24, 2.45) is 7.05 Å². The predicted molar refractivity (Wildman–Crippen MR) is 84.6 cm³/mol. The van der Waals surface area contributed by atoms with Crippen LogP contribution in [0.5, 0.6) is 5.75 Å². The molecule has 0 aliphatic carbocycles. The topological polar surface area (TPSA) is 54.3 Å². The van der Waals surface area contributed by atoms with Gasteiger partial charge in [0.15, 0.2) is 0 Å². The highest BCUT2D eigenvalue weighted by Crippen LogP contribution is 2.23. The van der Waals surface area contributed by atoms with E-state index >= 15 is 0 Å². The van der Waals surface area contributed by atoms with E-state index < -0.39 is 0 Å². The van der Waals surface area contributed by atoms with Gasteiger partial charge in [-0.25, -0.2) is 0 Å². The molecule has 0 atom stereocenters. The van der Waals surface area contributed by atoms with Crippen molar-refractivity contribution < 1.29 is 5.11 Å². The van der Waals surface area contributed by atoms with Crippen LogP contribution < -0.4 is 10.9 Å². The van der Waals surface area contributed by atoms with Crippen molar-refractivity contribution in [3.8, 4) is 5.75 Å². The van der Waals surface area contributed by atoms with Gasteiger partial charge < -0.3 is 15.0 Å². The van der Waals surface area contributed by atoms with E-state index in [1.54, 1.807) is 29.8 Å². The third-order valence-corrected chi connectivity index (χ3v) is 3.61. The number of pyridine rings is 1. The number of hydrogen-bond acceptors (Lipinski definition) is 3. The molecule has 0 saturated heterocycles. The highest BCUT2D eigenvalue weighted by molar-refractivity contribution is 5.91. The second kappa shape index (κ2) is 5.32. The fourth-order valence-electron chi connectivity index (χ4n) is 2.41. The van der Waals surface area contributed by atoms with Crippen molar-refractivity contribution in [1.29, 1.82) is 0 Å². The van der Waals surface area contributed by atoms with E-state index in [4.69, 9.17) is 0 Å². The third kappa shape index (κ3) is 2.48. The van der Waals surface area contributed by atoms with Crippen LogP contribution in [0, 0.1) is 0 Å². The molecule has 0 amide bonds. The number of anilines is 1. The minimum Gasteiger partial charge on any atom is -0.508 e. The van der Waals surface area contributed by atoms with Crippen molar-refractivity contribution >= 4 is 16.6 Å². The third-order valence-electron chi connectivity index (χ3n) is 3.61. The van der Waals surface area contributed by atoms with Crippen molar-refractivity contribution in [3.63, 3.8) is 0 Å². The molecule has 0 aliphatic rings. The molecular weight excluding hydrogens is 264 g/mol. The van der Waals surface area contributed by atoms with Crippen LogP contribution in [0.3, 0.4) is 0 Å². The largest absolute Gasteiger partial charge is 0.508 e. The van der Waals surface area contributed by atoms with Crippen LogP contribution in [-0.4, -0.2) is 9.67 Å². The molecule has 0 radical (unpaired) electrons. The number of aromatic nitrogens is 1. The molecule has 3 rings (SSSR count). The fourth-order valence-corrected chi connectivity index (χ4v) is 2.41. The lowest BCUT2D eigenvalue weighted by Gasteiger charge is -2.12. The van der Waals surface area contributed by atoms with E-state index in [1.165, 1.54) is 0 Å². The first kappa shape index (κ1) is 13.2. The van der Waals surface area contributed by atoms with Gasteiger partial charge in [-0.05, 0) is 12.1 Å². The summed E-state index contributed by atoms with van der Waals surface area (Å²) in [5, 5.41) is 14.0. The van der Waals surface area contributed by atoms with Crippen LogP contribution in [0.4, 0.5) is 5.69 Å². The fraction of sp³-hybridized carbons (Fsp3) is 0.118. The van der Waals surface area contributed by atoms with Crippen molar-refractivity contribution in [2.75, 3.05) is 5.32 Å². The number of phenols is 1. The molecule has 3 aromatic rings. The molecular formula is C17H16N2O2. The molecule has 0 saturated carbocycles. The van der Waals surface area contributed by atoms with E-state index in [1.807, 2.05) is 36.4 Å². The van der Waals surface area contributed by atoms with Crippen LogP contribution in [0.2, 0.25) is 0 Å². The molecule has 0 aliphatic heterocycles. The molecule has 21 heavy (non-hydrogen) atoms. The zero-order valence-corrected chi connectivity index (χ0v) is 11.7. The first-order valence-corrected chi connectivity index (χ1v) is 6.76. The number of nitrogens with one attached hydrogen (secondary N) is 1. The van der Waals surface area contributed by atoms with Crippen molar-refractivity contribution in [1.82, 2.24) is 4.57 Å². The Balaban J connectivity index is 2.00. The Kier molecular flexibility index (Phi) is 3.36. The zero-order chi connectivity index (χ0) is 14.8. The molecule has 2 aromatic carbocycles. The summed E-state index contributed by atoms with van der Waals surface area (Å²) >= 11 is 0. The molecule has 1 aromatic heterocycles. The van der Waals surface area contributed by atoms with Crippen molar-refractivity contribution in [2.45, 2.75) is 6.54 Å². The van der Waals surface area contributed by atoms with Crippen LogP contribution >= 0.6 is 0 Å². The van der Waals surface area contributed by atoms with Gasteiger partial charge in [0.1, 0.15) is 5.75 Å². The average molecular weight is 280 g/mol. The highest BCUT2D eigenvalue weighted by atomic mass is 16.3. The van der Waals surface area contributed by atoms with E-state index in [2.05, 4.69) is 5.32 Å². The highest BCUT2D eigenvalue weighted by Gasteiger charge is 2.06. The summed E-state index contributed by atoms with van der Waals surface area (Å²) in [7, 11) is 1.76. The smallest absolute Gasteiger partial charge is 0.252 e. The second-order valence-corrected chi connectivity index (χ2v) is 4.95. The molecule has 4 heteroatoms. The van der Waals surface area contributed by atoms with Crippen molar-refractivity contribution in [3.05, 3.63) is 70.5 Å². The lowest BCUT2D eigenvalue weighted by Crippen LogP contribution is -2.17. The molecule has 106 valence electrons. The summed E-state index contributed by atoms with van der Waals surface area (Å²) in [4.78, 5) is 12.0. The monoisotopic (exact) mass is 280 g/mol. The van der Waals surface area contributed by atoms with Gasteiger partial charge in [-0.1, -0.05) is 36.4 Å². The van der Waals surface area contributed by atoms with E-state index in [0.717, 1.165) is 22.2 Å². The summed E-state index contributed by atoms with van der Waals surface area (Å²) in [6.07, 6.45) is 0. The lowest BCUT2D eigenvalue weighted by atomic mass is 10.1. The first-order valence-electron chi connectivity index (χ1n) is 6.76. The number of para-hydroxylation sites is 2. The normalized spacial score (nSPS) is 10.7. The van der Waals surface area contributed by atoms with Gasteiger partial charge in [0.05, 0.1) is 5.52 Å². The summed E-state index contributed by atoms with van der Waals surface area (Å²) in [5.74, 6) is 0.248. The standard InChI is InChI=1S/C17H16N2O2/c1-19-15-8-4-3-7-13(15)14(10-17(19)21)18-11-12-6-2-5-9-16(12)20/h2-10,18,20H,11H2,1H3.